The Hall–Kier alpha value is -0.520. The Morgan fingerprint density at radius 3 is 2.75 bits per heavy atom. The van der Waals surface area contributed by atoms with Crippen molar-refractivity contribution in [1.29, 1.82) is 0 Å². The van der Waals surface area contributed by atoms with Crippen molar-refractivity contribution in [2.75, 3.05) is 0 Å². The van der Waals surface area contributed by atoms with E-state index < -0.39 is 0 Å². The van der Waals surface area contributed by atoms with Crippen molar-refractivity contribution in [3.05, 3.63) is 23.8 Å². The second-order valence-corrected chi connectivity index (χ2v) is 4.27. The molecule has 0 aromatic rings. The first-order valence-corrected chi connectivity index (χ1v) is 4.75. The van der Waals surface area contributed by atoms with E-state index in [1.165, 1.54) is 12.8 Å². The predicted molar refractivity (Wildman–Crippen MR) is 53.7 cm³/mol. The Balaban J connectivity index is 2.61. The van der Waals surface area contributed by atoms with Gasteiger partial charge in [0, 0.05) is 0 Å². The molecule has 67 valence electrons. The molecule has 1 radical (unpaired) electrons. The summed E-state index contributed by atoms with van der Waals surface area (Å²) in [7, 11) is 0. The van der Waals surface area contributed by atoms with Crippen LogP contribution < -0.4 is 0 Å². The van der Waals surface area contributed by atoms with Crippen molar-refractivity contribution in [3.63, 3.8) is 0 Å². The van der Waals surface area contributed by atoms with Crippen LogP contribution in [0.1, 0.15) is 40.5 Å². The fourth-order valence-corrected chi connectivity index (χ4v) is 1.85. The molecule has 1 atom stereocenters. The van der Waals surface area contributed by atoms with Crippen LogP contribution >= 0.6 is 0 Å². The number of allylic oxidation sites excluding steroid dienone is 4. The highest BCUT2D eigenvalue weighted by atomic mass is 14.4. The molecule has 0 aromatic heterocycles. The molecule has 0 heterocycles. The molecule has 0 heteroatoms. The highest BCUT2D eigenvalue weighted by molar-refractivity contribution is 5.18. The van der Waals surface area contributed by atoms with Crippen LogP contribution in [0.3, 0.4) is 0 Å². The summed E-state index contributed by atoms with van der Waals surface area (Å²) >= 11 is 0. The van der Waals surface area contributed by atoms with E-state index in [-0.39, 0.29) is 0 Å². The lowest BCUT2D eigenvalue weighted by Gasteiger charge is -2.28. The Morgan fingerprint density at radius 2 is 2.33 bits per heavy atom. The fourth-order valence-electron chi connectivity index (χ4n) is 1.85. The minimum Gasteiger partial charge on any atom is -0.0847 e. The van der Waals surface area contributed by atoms with E-state index in [1.54, 1.807) is 5.57 Å². The van der Waals surface area contributed by atoms with Crippen molar-refractivity contribution in [2.24, 2.45) is 11.3 Å². The van der Waals surface area contributed by atoms with E-state index in [4.69, 9.17) is 0 Å². The highest BCUT2D eigenvalue weighted by Crippen LogP contribution is 2.44. The maximum absolute atomic E-state index is 3.10. The first-order valence-electron chi connectivity index (χ1n) is 4.75. The van der Waals surface area contributed by atoms with Gasteiger partial charge in [-0.05, 0) is 38.0 Å². The summed E-state index contributed by atoms with van der Waals surface area (Å²) in [6.07, 6.45) is 10.1. The van der Waals surface area contributed by atoms with Crippen molar-refractivity contribution in [1.82, 2.24) is 0 Å². The lowest BCUT2D eigenvalue weighted by molar-refractivity contribution is 0.294. The molecule has 1 unspecified atom stereocenters. The third-order valence-corrected chi connectivity index (χ3v) is 3.35. The second kappa shape index (κ2) is 3.47. The summed E-state index contributed by atoms with van der Waals surface area (Å²) in [6, 6.07) is 0. The van der Waals surface area contributed by atoms with E-state index >= 15 is 0 Å². The summed E-state index contributed by atoms with van der Waals surface area (Å²) in [4.78, 5) is 0. The second-order valence-electron chi connectivity index (χ2n) is 4.27. The molecule has 1 aliphatic rings. The first kappa shape index (κ1) is 9.57. The van der Waals surface area contributed by atoms with Gasteiger partial charge in [-0.15, -0.1) is 0 Å². The summed E-state index contributed by atoms with van der Waals surface area (Å²) < 4.78 is 0. The van der Waals surface area contributed by atoms with Gasteiger partial charge >= 0.3 is 0 Å². The number of hydrogen-bond donors (Lipinski definition) is 0. The molecule has 1 aliphatic carbocycles. The topological polar surface area (TPSA) is 0 Å². The summed E-state index contributed by atoms with van der Waals surface area (Å²) in [6.45, 7) is 8.92. The molecule has 0 amide bonds. The molecule has 0 saturated carbocycles. The van der Waals surface area contributed by atoms with Crippen LogP contribution in [0.15, 0.2) is 17.7 Å². The van der Waals surface area contributed by atoms with Gasteiger partial charge < -0.3 is 0 Å². The average Bonchev–Trinajstić information content (AvgIpc) is 2.25. The maximum Gasteiger partial charge on any atom is -0.0113 e. The Kier molecular flexibility index (Phi) is 2.76. The smallest absolute Gasteiger partial charge is 0.0113 e. The fraction of sp³-hybridized carbons (Fsp3) is 0.667. The number of hydrogen-bond acceptors (Lipinski definition) is 0. The Bertz CT molecular complexity index is 206. The SMILES string of the molecule is C/[C]=C/CC1CC=C(C)C1(C)C. The van der Waals surface area contributed by atoms with Gasteiger partial charge in [-0.3, -0.25) is 0 Å². The Morgan fingerprint density at radius 1 is 1.67 bits per heavy atom. The molecular weight excluding hydrogens is 144 g/mol. The largest absolute Gasteiger partial charge is 0.0847 e. The molecule has 1 rings (SSSR count). The highest BCUT2D eigenvalue weighted by Gasteiger charge is 2.33. The normalized spacial score (nSPS) is 28.0. The van der Waals surface area contributed by atoms with Crippen LogP contribution in [0, 0.1) is 17.4 Å². The zero-order valence-corrected chi connectivity index (χ0v) is 8.65. The lowest BCUT2D eigenvalue weighted by atomic mass is 9.76. The molecule has 0 nitrogen and oxygen atoms in total. The summed E-state index contributed by atoms with van der Waals surface area (Å²) in [5.41, 5.74) is 1.96. The van der Waals surface area contributed by atoms with E-state index in [0.29, 0.717) is 5.41 Å². The third-order valence-electron chi connectivity index (χ3n) is 3.35. The van der Waals surface area contributed by atoms with Crippen molar-refractivity contribution < 1.29 is 0 Å². The van der Waals surface area contributed by atoms with Crippen molar-refractivity contribution in [2.45, 2.75) is 40.5 Å². The zero-order valence-electron chi connectivity index (χ0n) is 8.65. The molecule has 12 heavy (non-hydrogen) atoms. The molecule has 0 N–H and O–H groups in total. The van der Waals surface area contributed by atoms with Crippen LogP contribution in [0.4, 0.5) is 0 Å². The molecular formula is C12H19. The average molecular weight is 163 g/mol. The minimum atomic E-state index is 0.410. The van der Waals surface area contributed by atoms with E-state index in [0.717, 1.165) is 5.92 Å². The molecule has 0 fully saturated rings. The van der Waals surface area contributed by atoms with Gasteiger partial charge in [-0.25, -0.2) is 0 Å². The standard InChI is InChI=1S/C12H19/c1-5-6-7-11-9-8-10(2)12(11,3)4/h6,8,11H,7,9H2,1-4H3. The van der Waals surface area contributed by atoms with Crippen molar-refractivity contribution in [3.8, 4) is 0 Å². The van der Waals surface area contributed by atoms with Gasteiger partial charge in [0.2, 0.25) is 0 Å². The molecule has 0 bridgehead atoms. The van der Waals surface area contributed by atoms with E-state index in [9.17, 15) is 0 Å². The molecule has 0 aliphatic heterocycles. The van der Waals surface area contributed by atoms with Gasteiger partial charge in [0.15, 0.2) is 0 Å². The van der Waals surface area contributed by atoms with Crippen LogP contribution in [0.2, 0.25) is 0 Å². The molecule has 0 aromatic carbocycles. The van der Waals surface area contributed by atoms with E-state index in [1.807, 2.05) is 6.92 Å². The zero-order chi connectivity index (χ0) is 9.19. The van der Waals surface area contributed by atoms with Gasteiger partial charge in [0.05, 0.1) is 0 Å². The third kappa shape index (κ3) is 1.63. The lowest BCUT2D eigenvalue weighted by Crippen LogP contribution is -2.19. The minimum absolute atomic E-state index is 0.410. The monoisotopic (exact) mass is 163 g/mol. The predicted octanol–water partition coefficient (Wildman–Crippen LogP) is 3.75. The van der Waals surface area contributed by atoms with Crippen LogP contribution in [0.5, 0.6) is 0 Å². The molecule has 0 saturated heterocycles. The van der Waals surface area contributed by atoms with Crippen LogP contribution in [-0.2, 0) is 0 Å². The first-order chi connectivity index (χ1) is 5.59. The van der Waals surface area contributed by atoms with Gasteiger partial charge in [0.25, 0.3) is 0 Å². The maximum atomic E-state index is 3.10. The van der Waals surface area contributed by atoms with Crippen LogP contribution in [0.25, 0.3) is 0 Å². The summed E-state index contributed by atoms with van der Waals surface area (Å²) in [5, 5.41) is 0. The Labute approximate surface area is 76.4 Å². The van der Waals surface area contributed by atoms with Gasteiger partial charge in [-0.1, -0.05) is 37.6 Å². The van der Waals surface area contributed by atoms with E-state index in [2.05, 4.69) is 39.0 Å². The molecule has 0 spiro atoms. The van der Waals surface area contributed by atoms with Crippen molar-refractivity contribution >= 4 is 0 Å². The van der Waals surface area contributed by atoms with Gasteiger partial charge in [-0.2, -0.15) is 0 Å². The van der Waals surface area contributed by atoms with Gasteiger partial charge in [0.1, 0.15) is 0 Å². The quantitative estimate of drug-likeness (QED) is 0.544. The van der Waals surface area contributed by atoms with Crippen LogP contribution in [-0.4, -0.2) is 0 Å². The number of rotatable bonds is 2. The summed E-state index contributed by atoms with van der Waals surface area (Å²) in [5.74, 6) is 0.796.